The predicted octanol–water partition coefficient (Wildman–Crippen LogP) is 3.97. The largest absolute Gasteiger partial charge is 0.329 e. The minimum absolute atomic E-state index is 0.0261. The molecule has 136 valence electrons. The van der Waals surface area contributed by atoms with Crippen LogP contribution in [0.5, 0.6) is 0 Å². The second kappa shape index (κ2) is 7.50. The maximum atomic E-state index is 13.2. The number of aryl methyl sites for hydroxylation is 1. The third kappa shape index (κ3) is 3.61. The lowest BCUT2D eigenvalue weighted by Crippen LogP contribution is -2.56. The molecule has 4 nitrogen and oxygen atoms in total. The number of carbonyl (C=O) groups excluding carboxylic acids is 2. The first-order valence-corrected chi connectivity index (χ1v) is 9.16. The van der Waals surface area contributed by atoms with Crippen molar-refractivity contribution >= 4 is 23.4 Å². The Labute approximate surface area is 159 Å². The Balaban J connectivity index is 2.01. The first-order chi connectivity index (χ1) is 12.4. The van der Waals surface area contributed by atoms with Crippen molar-refractivity contribution in [2.24, 2.45) is 0 Å². The first kappa shape index (κ1) is 18.5. The maximum Gasteiger partial charge on any atom is 0.250 e. The summed E-state index contributed by atoms with van der Waals surface area (Å²) in [6, 6.07) is 14.6. The second-order valence-corrected chi connectivity index (χ2v) is 7.39. The summed E-state index contributed by atoms with van der Waals surface area (Å²) in [6.07, 6.45) is 0. The zero-order valence-corrected chi connectivity index (χ0v) is 16.0. The molecule has 0 aromatic heterocycles. The van der Waals surface area contributed by atoms with Crippen molar-refractivity contribution in [3.63, 3.8) is 0 Å². The van der Waals surface area contributed by atoms with Crippen LogP contribution in [-0.4, -0.2) is 34.2 Å². The number of rotatable bonds is 4. The van der Waals surface area contributed by atoms with E-state index in [1.54, 1.807) is 15.9 Å². The van der Waals surface area contributed by atoms with Crippen LogP contribution in [0.2, 0.25) is 5.02 Å². The van der Waals surface area contributed by atoms with Gasteiger partial charge in [0.15, 0.2) is 0 Å². The van der Waals surface area contributed by atoms with Crippen LogP contribution in [0.15, 0.2) is 48.5 Å². The van der Waals surface area contributed by atoms with E-state index in [9.17, 15) is 9.59 Å². The Morgan fingerprint density at radius 2 is 1.73 bits per heavy atom. The molecule has 0 spiro atoms. The van der Waals surface area contributed by atoms with Gasteiger partial charge in [0.05, 0.1) is 0 Å². The Hall–Kier alpha value is -2.33. The molecule has 26 heavy (non-hydrogen) atoms. The van der Waals surface area contributed by atoms with E-state index in [0.29, 0.717) is 11.6 Å². The van der Waals surface area contributed by atoms with Crippen molar-refractivity contribution in [3.8, 4) is 0 Å². The van der Waals surface area contributed by atoms with Crippen molar-refractivity contribution in [2.75, 3.05) is 6.54 Å². The molecule has 2 aromatic rings. The Bertz CT molecular complexity index is 817. The first-order valence-electron chi connectivity index (χ1n) is 8.78. The van der Waals surface area contributed by atoms with E-state index in [1.807, 2.05) is 63.2 Å². The fraction of sp³-hybridized carbons (Fsp3) is 0.333. The fourth-order valence-corrected chi connectivity index (χ4v) is 3.44. The smallest absolute Gasteiger partial charge is 0.250 e. The molecule has 1 aliphatic heterocycles. The number of piperazine rings is 1. The van der Waals surface area contributed by atoms with Gasteiger partial charge in [0, 0.05) is 17.6 Å². The zero-order chi connectivity index (χ0) is 18.8. The molecular formula is C21H23ClN2O2. The van der Waals surface area contributed by atoms with Gasteiger partial charge in [-0.05, 0) is 38.0 Å². The molecule has 2 amide bonds. The van der Waals surface area contributed by atoms with Crippen LogP contribution in [0.4, 0.5) is 0 Å². The van der Waals surface area contributed by atoms with Crippen LogP contribution in [0.3, 0.4) is 0 Å². The van der Waals surface area contributed by atoms with Gasteiger partial charge in [-0.15, -0.1) is 0 Å². The number of benzene rings is 2. The normalized spacial score (nSPS) is 18.0. The van der Waals surface area contributed by atoms with Crippen LogP contribution in [0.1, 0.15) is 36.6 Å². The van der Waals surface area contributed by atoms with Crippen LogP contribution in [-0.2, 0) is 16.1 Å². The van der Waals surface area contributed by atoms with Crippen LogP contribution in [0, 0.1) is 6.92 Å². The average Bonchev–Trinajstić information content (AvgIpc) is 2.60. The third-order valence-electron chi connectivity index (χ3n) is 4.77. The van der Waals surface area contributed by atoms with Crippen molar-refractivity contribution < 1.29 is 9.59 Å². The minimum atomic E-state index is -0.629. The predicted molar refractivity (Wildman–Crippen MR) is 103 cm³/mol. The summed E-state index contributed by atoms with van der Waals surface area (Å²) in [5, 5.41) is 0.599. The number of hydrogen-bond donors (Lipinski definition) is 0. The maximum absolute atomic E-state index is 13.2. The highest BCUT2D eigenvalue weighted by Crippen LogP contribution is 2.31. The molecule has 1 heterocycles. The van der Waals surface area contributed by atoms with Crippen molar-refractivity contribution in [1.29, 1.82) is 0 Å². The molecule has 3 rings (SSSR count). The van der Waals surface area contributed by atoms with E-state index in [1.165, 1.54) is 0 Å². The molecule has 1 unspecified atom stereocenters. The second-order valence-electron chi connectivity index (χ2n) is 6.99. The molecular weight excluding hydrogens is 348 g/mol. The molecule has 0 N–H and O–H groups in total. The molecule has 0 aliphatic carbocycles. The summed E-state index contributed by atoms with van der Waals surface area (Å²) in [6.45, 7) is 6.28. The zero-order valence-electron chi connectivity index (χ0n) is 15.3. The Kier molecular flexibility index (Phi) is 5.33. The standard InChI is InChI=1S/C21H23ClN2O2/c1-14(2)23-13-19(25)24(12-17-6-4-5-7-18(17)22)20(21(23)26)16-10-8-15(3)9-11-16/h4-11,14,20H,12-13H2,1-3H3. The number of nitrogens with zero attached hydrogens (tertiary/aromatic N) is 2. The molecule has 2 aromatic carbocycles. The lowest BCUT2D eigenvalue weighted by molar-refractivity contribution is -0.158. The monoisotopic (exact) mass is 370 g/mol. The third-order valence-corrected chi connectivity index (χ3v) is 5.14. The summed E-state index contributed by atoms with van der Waals surface area (Å²) in [5.74, 6) is -0.112. The van der Waals surface area contributed by atoms with E-state index in [0.717, 1.165) is 16.7 Å². The number of carbonyl (C=O) groups is 2. The molecule has 1 atom stereocenters. The summed E-state index contributed by atoms with van der Waals surface area (Å²) in [5.41, 5.74) is 2.78. The van der Waals surface area contributed by atoms with Crippen molar-refractivity contribution in [3.05, 3.63) is 70.2 Å². The van der Waals surface area contributed by atoms with Crippen molar-refractivity contribution in [2.45, 2.75) is 39.4 Å². The van der Waals surface area contributed by atoms with Crippen LogP contribution < -0.4 is 0 Å². The highest BCUT2D eigenvalue weighted by atomic mass is 35.5. The Morgan fingerprint density at radius 1 is 1.08 bits per heavy atom. The van der Waals surface area contributed by atoms with Gasteiger partial charge in [0.1, 0.15) is 12.6 Å². The van der Waals surface area contributed by atoms with E-state index >= 15 is 0 Å². The molecule has 1 saturated heterocycles. The van der Waals surface area contributed by atoms with E-state index < -0.39 is 6.04 Å². The van der Waals surface area contributed by atoms with Gasteiger partial charge in [-0.2, -0.15) is 0 Å². The quantitative estimate of drug-likeness (QED) is 0.817. The topological polar surface area (TPSA) is 40.6 Å². The SMILES string of the molecule is Cc1ccc(C2C(=O)N(C(C)C)CC(=O)N2Cc2ccccc2Cl)cc1. The number of halogens is 1. The molecule has 0 radical (unpaired) electrons. The lowest BCUT2D eigenvalue weighted by Gasteiger charge is -2.42. The van der Waals surface area contributed by atoms with E-state index in [-0.39, 0.29) is 24.4 Å². The van der Waals surface area contributed by atoms with Gasteiger partial charge >= 0.3 is 0 Å². The van der Waals surface area contributed by atoms with E-state index in [4.69, 9.17) is 11.6 Å². The van der Waals surface area contributed by atoms with Gasteiger partial charge in [-0.25, -0.2) is 0 Å². The lowest BCUT2D eigenvalue weighted by atomic mass is 9.98. The van der Waals surface area contributed by atoms with Gasteiger partial charge in [-0.1, -0.05) is 59.6 Å². The van der Waals surface area contributed by atoms with E-state index in [2.05, 4.69) is 0 Å². The summed E-state index contributed by atoms with van der Waals surface area (Å²) in [7, 11) is 0. The molecule has 1 aliphatic rings. The molecule has 0 bridgehead atoms. The summed E-state index contributed by atoms with van der Waals surface area (Å²) < 4.78 is 0. The van der Waals surface area contributed by atoms with Crippen LogP contribution >= 0.6 is 11.6 Å². The van der Waals surface area contributed by atoms with Gasteiger partial charge in [0.2, 0.25) is 5.91 Å². The number of hydrogen-bond acceptors (Lipinski definition) is 2. The average molecular weight is 371 g/mol. The van der Waals surface area contributed by atoms with Crippen molar-refractivity contribution in [1.82, 2.24) is 9.80 Å². The fourth-order valence-electron chi connectivity index (χ4n) is 3.25. The minimum Gasteiger partial charge on any atom is -0.329 e. The highest BCUT2D eigenvalue weighted by molar-refractivity contribution is 6.31. The highest BCUT2D eigenvalue weighted by Gasteiger charge is 2.41. The Morgan fingerprint density at radius 3 is 2.35 bits per heavy atom. The molecule has 0 saturated carbocycles. The molecule has 1 fully saturated rings. The number of amides is 2. The van der Waals surface area contributed by atoms with Gasteiger partial charge < -0.3 is 9.80 Å². The summed E-state index contributed by atoms with van der Waals surface area (Å²) in [4.78, 5) is 29.4. The van der Waals surface area contributed by atoms with Gasteiger partial charge in [0.25, 0.3) is 5.91 Å². The summed E-state index contributed by atoms with van der Waals surface area (Å²) >= 11 is 6.29. The van der Waals surface area contributed by atoms with Gasteiger partial charge in [-0.3, -0.25) is 9.59 Å². The molecule has 5 heteroatoms. The van der Waals surface area contributed by atoms with Crippen LogP contribution in [0.25, 0.3) is 0 Å².